The molecule has 3 saturated carbocycles. The molecule has 0 unspecified atom stereocenters. The van der Waals surface area contributed by atoms with E-state index in [0.29, 0.717) is 30.1 Å². The third kappa shape index (κ3) is 1.89. The fourth-order valence-electron chi connectivity index (χ4n) is 6.12. The largest absolute Gasteiger partial charge is 0.393 e. The summed E-state index contributed by atoms with van der Waals surface area (Å²) in [6.45, 7) is 2.26. The quantitative estimate of drug-likeness (QED) is 0.742. The number of hydrogen-bond donors (Lipinski definition) is 1. The molecule has 0 radical (unpaired) electrons. The third-order valence-electron chi connectivity index (χ3n) is 7.30. The predicted octanol–water partition coefficient (Wildman–Crippen LogP) is 3.44. The summed E-state index contributed by atoms with van der Waals surface area (Å²) in [4.78, 5) is 11.6. The number of aliphatic hydroxyl groups excluding tert-OH is 1. The van der Waals surface area contributed by atoms with E-state index in [1.807, 2.05) is 0 Å². The van der Waals surface area contributed by atoms with E-state index in [-0.39, 0.29) is 17.3 Å². The number of hydrogen-bond acceptors (Lipinski definition) is 2. The van der Waals surface area contributed by atoms with Gasteiger partial charge >= 0.3 is 0 Å². The van der Waals surface area contributed by atoms with Crippen molar-refractivity contribution >= 4 is 5.78 Å². The van der Waals surface area contributed by atoms with Crippen LogP contribution in [0, 0.1) is 29.1 Å². The Morgan fingerprint density at radius 3 is 2.86 bits per heavy atom. The Balaban J connectivity index is 1.63. The molecule has 7 atom stereocenters. The fourth-order valence-corrected chi connectivity index (χ4v) is 6.12. The Hall–Kier alpha value is -0.700. The molecular formula is C18H25FO2. The molecule has 116 valence electrons. The second-order valence-corrected chi connectivity index (χ2v) is 8.04. The molecular weight excluding hydrogens is 267 g/mol. The average molecular weight is 292 g/mol. The van der Waals surface area contributed by atoms with E-state index < -0.39 is 6.17 Å². The molecule has 0 amide bonds. The first-order valence-electron chi connectivity index (χ1n) is 8.57. The van der Waals surface area contributed by atoms with Crippen molar-refractivity contribution in [3.63, 3.8) is 0 Å². The lowest BCUT2D eigenvalue weighted by molar-refractivity contribution is -0.121. The molecule has 0 aromatic carbocycles. The molecule has 0 aromatic heterocycles. The van der Waals surface area contributed by atoms with Crippen LogP contribution in [0.4, 0.5) is 4.39 Å². The van der Waals surface area contributed by atoms with Crippen molar-refractivity contribution in [3.8, 4) is 0 Å². The van der Waals surface area contributed by atoms with Crippen LogP contribution in [0.5, 0.6) is 0 Å². The first-order chi connectivity index (χ1) is 10.0. The molecule has 3 fully saturated rings. The van der Waals surface area contributed by atoms with Gasteiger partial charge in [-0.1, -0.05) is 12.5 Å². The highest BCUT2D eigenvalue weighted by Gasteiger charge is 2.56. The van der Waals surface area contributed by atoms with Gasteiger partial charge in [0.15, 0.2) is 12.0 Å². The van der Waals surface area contributed by atoms with Crippen LogP contribution >= 0.6 is 0 Å². The number of aliphatic hydroxyl groups is 1. The lowest BCUT2D eigenvalue weighted by atomic mass is 9.52. The number of fused-ring (bicyclic) bond motifs is 5. The van der Waals surface area contributed by atoms with Gasteiger partial charge in [0.25, 0.3) is 0 Å². The van der Waals surface area contributed by atoms with Crippen LogP contribution in [0.15, 0.2) is 11.6 Å². The second kappa shape index (κ2) is 4.65. The highest BCUT2D eigenvalue weighted by molar-refractivity contribution is 5.95. The van der Waals surface area contributed by atoms with E-state index in [4.69, 9.17) is 0 Å². The Labute approximate surface area is 125 Å². The maximum atomic E-state index is 13.9. The summed E-state index contributed by atoms with van der Waals surface area (Å²) >= 11 is 0. The fraction of sp³-hybridized carbons (Fsp3) is 0.833. The highest BCUT2D eigenvalue weighted by Crippen LogP contribution is 2.61. The molecule has 0 spiro atoms. The van der Waals surface area contributed by atoms with Crippen LogP contribution in [0.2, 0.25) is 0 Å². The summed E-state index contributed by atoms with van der Waals surface area (Å²) in [6, 6.07) is 0. The summed E-state index contributed by atoms with van der Waals surface area (Å²) in [5.41, 5.74) is 1.31. The molecule has 4 rings (SSSR count). The van der Waals surface area contributed by atoms with Crippen molar-refractivity contribution in [1.29, 1.82) is 0 Å². The Morgan fingerprint density at radius 1 is 1.24 bits per heavy atom. The molecule has 0 aromatic rings. The Kier molecular flexibility index (Phi) is 3.08. The minimum Gasteiger partial charge on any atom is -0.393 e. The van der Waals surface area contributed by atoms with Crippen LogP contribution in [0.25, 0.3) is 0 Å². The predicted molar refractivity (Wildman–Crippen MR) is 78.4 cm³/mol. The van der Waals surface area contributed by atoms with Crippen LogP contribution in [-0.4, -0.2) is 23.2 Å². The van der Waals surface area contributed by atoms with Gasteiger partial charge in [0.1, 0.15) is 0 Å². The monoisotopic (exact) mass is 292 g/mol. The van der Waals surface area contributed by atoms with E-state index in [9.17, 15) is 14.3 Å². The molecule has 2 nitrogen and oxygen atoms in total. The van der Waals surface area contributed by atoms with E-state index in [1.54, 1.807) is 6.08 Å². The van der Waals surface area contributed by atoms with Crippen molar-refractivity contribution in [2.45, 2.75) is 64.1 Å². The molecule has 4 aliphatic rings. The van der Waals surface area contributed by atoms with Gasteiger partial charge in [-0.25, -0.2) is 4.39 Å². The standard InChI is InChI=1S/C18H25FO2/c1-18-7-6-11-12(14(18)4-5-17(18)21)3-2-10-8-16(20)15(19)9-13(10)11/h8,11-15,17,21H,2-7,9H2,1H3/t11-,12+,13-,14-,15+,17-,18-/m0/s1. The number of halogens is 1. The average Bonchev–Trinajstić information content (AvgIpc) is 2.76. The van der Waals surface area contributed by atoms with Gasteiger partial charge in [0, 0.05) is 0 Å². The van der Waals surface area contributed by atoms with Gasteiger partial charge in [0.05, 0.1) is 6.10 Å². The van der Waals surface area contributed by atoms with E-state index in [1.165, 1.54) is 5.57 Å². The number of alkyl halides is 1. The smallest absolute Gasteiger partial charge is 0.189 e. The normalized spacial score (nSPS) is 52.7. The summed E-state index contributed by atoms with van der Waals surface area (Å²) in [6.07, 6.45) is 6.92. The summed E-state index contributed by atoms with van der Waals surface area (Å²) < 4.78 is 13.9. The summed E-state index contributed by atoms with van der Waals surface area (Å²) in [5, 5.41) is 10.4. The van der Waals surface area contributed by atoms with Gasteiger partial charge in [-0.15, -0.1) is 0 Å². The third-order valence-corrected chi connectivity index (χ3v) is 7.30. The van der Waals surface area contributed by atoms with Crippen molar-refractivity contribution in [3.05, 3.63) is 11.6 Å². The van der Waals surface area contributed by atoms with Gasteiger partial charge in [-0.2, -0.15) is 0 Å². The van der Waals surface area contributed by atoms with Crippen LogP contribution in [0.3, 0.4) is 0 Å². The number of carbonyl (C=O) groups is 1. The topological polar surface area (TPSA) is 37.3 Å². The SMILES string of the molecule is C[C@]12CC[C@H]3[C@@H](CCC4=CC(=O)[C@H](F)C[C@@H]43)[C@@H]1CC[C@@H]2O. The number of ketones is 1. The minimum absolute atomic E-state index is 0.0853. The molecule has 0 bridgehead atoms. The maximum Gasteiger partial charge on any atom is 0.189 e. The Morgan fingerprint density at radius 2 is 2.05 bits per heavy atom. The molecule has 0 heterocycles. The second-order valence-electron chi connectivity index (χ2n) is 8.04. The van der Waals surface area contributed by atoms with Gasteiger partial charge in [0.2, 0.25) is 0 Å². The van der Waals surface area contributed by atoms with Crippen molar-refractivity contribution in [2.75, 3.05) is 0 Å². The van der Waals surface area contributed by atoms with Crippen LogP contribution in [-0.2, 0) is 4.79 Å². The zero-order valence-corrected chi connectivity index (χ0v) is 12.7. The lowest BCUT2D eigenvalue weighted by Crippen LogP contribution is -2.48. The first-order valence-corrected chi connectivity index (χ1v) is 8.57. The number of rotatable bonds is 0. The summed E-state index contributed by atoms with van der Waals surface area (Å²) in [7, 11) is 0. The molecule has 1 N–H and O–H groups in total. The van der Waals surface area contributed by atoms with Crippen LogP contribution in [0.1, 0.15) is 51.9 Å². The Bertz CT molecular complexity index is 499. The van der Waals surface area contributed by atoms with Gasteiger partial charge in [-0.05, 0) is 80.1 Å². The molecule has 0 saturated heterocycles. The van der Waals surface area contributed by atoms with Gasteiger partial charge in [-0.3, -0.25) is 4.79 Å². The minimum atomic E-state index is -1.28. The number of carbonyl (C=O) groups excluding carboxylic acids is 1. The first kappa shape index (κ1) is 13.9. The van der Waals surface area contributed by atoms with Crippen molar-refractivity contribution in [1.82, 2.24) is 0 Å². The molecule has 0 aliphatic heterocycles. The van der Waals surface area contributed by atoms with E-state index >= 15 is 0 Å². The van der Waals surface area contributed by atoms with Crippen molar-refractivity contribution < 1.29 is 14.3 Å². The zero-order chi connectivity index (χ0) is 14.8. The summed E-state index contributed by atoms with van der Waals surface area (Å²) in [5.74, 6) is 1.75. The van der Waals surface area contributed by atoms with Gasteiger partial charge < -0.3 is 5.11 Å². The highest BCUT2D eigenvalue weighted by atomic mass is 19.1. The maximum absolute atomic E-state index is 13.9. The zero-order valence-electron chi connectivity index (χ0n) is 12.7. The molecule has 3 heteroatoms. The number of allylic oxidation sites excluding steroid dienone is 1. The van der Waals surface area contributed by atoms with Crippen LogP contribution < -0.4 is 0 Å². The van der Waals surface area contributed by atoms with E-state index in [0.717, 1.165) is 38.5 Å². The molecule has 21 heavy (non-hydrogen) atoms. The van der Waals surface area contributed by atoms with E-state index in [2.05, 4.69) is 6.92 Å². The van der Waals surface area contributed by atoms with Crippen molar-refractivity contribution in [2.24, 2.45) is 29.1 Å². The lowest BCUT2D eigenvalue weighted by Gasteiger charge is -2.53. The molecule has 4 aliphatic carbocycles.